The van der Waals surface area contributed by atoms with Gasteiger partial charge in [-0.2, -0.15) is 8.75 Å². The fourth-order valence-corrected chi connectivity index (χ4v) is 4.88. The molecule has 1 aliphatic rings. The molecule has 4 rings (SSSR count). The standard InChI is InChI=1S/C16H12FN3O3S2/c17-11-2-4-12(5-3-11)25(22,23)13-8-20(9-13)16(21)10-1-6-14-15(7-10)19-24-18-14/h1-7,13H,8-9H2. The van der Waals surface area contributed by atoms with Crippen molar-refractivity contribution in [1.82, 2.24) is 13.6 Å². The van der Waals surface area contributed by atoms with Gasteiger partial charge in [0.1, 0.15) is 22.1 Å². The van der Waals surface area contributed by atoms with E-state index in [2.05, 4.69) is 8.75 Å². The number of rotatable bonds is 3. The molecule has 0 N–H and O–H groups in total. The number of aromatic nitrogens is 2. The van der Waals surface area contributed by atoms with Gasteiger partial charge in [-0.15, -0.1) is 0 Å². The molecule has 0 aliphatic carbocycles. The molecule has 1 amide bonds. The number of benzene rings is 2. The van der Waals surface area contributed by atoms with Crippen molar-refractivity contribution in [3.8, 4) is 0 Å². The molecular formula is C16H12FN3O3S2. The van der Waals surface area contributed by atoms with Crippen LogP contribution in [0.5, 0.6) is 0 Å². The molecule has 2 heterocycles. The van der Waals surface area contributed by atoms with Crippen LogP contribution in [0.4, 0.5) is 4.39 Å². The second-order valence-electron chi connectivity index (χ2n) is 5.80. The van der Waals surface area contributed by atoms with Crippen LogP contribution in [-0.2, 0) is 9.84 Å². The zero-order valence-corrected chi connectivity index (χ0v) is 14.4. The third kappa shape index (κ3) is 2.79. The number of amides is 1. The first kappa shape index (κ1) is 16.1. The monoisotopic (exact) mass is 377 g/mol. The van der Waals surface area contributed by atoms with Gasteiger partial charge >= 0.3 is 0 Å². The van der Waals surface area contributed by atoms with Crippen LogP contribution in [0.25, 0.3) is 11.0 Å². The second kappa shape index (κ2) is 5.85. The van der Waals surface area contributed by atoms with Gasteiger partial charge in [0, 0.05) is 18.7 Å². The van der Waals surface area contributed by atoms with Crippen molar-refractivity contribution >= 4 is 38.5 Å². The number of hydrogen-bond donors (Lipinski definition) is 0. The Morgan fingerprint density at radius 3 is 2.48 bits per heavy atom. The zero-order valence-electron chi connectivity index (χ0n) is 12.8. The van der Waals surface area contributed by atoms with Crippen molar-refractivity contribution in [2.24, 2.45) is 0 Å². The highest BCUT2D eigenvalue weighted by molar-refractivity contribution is 7.92. The first-order valence-electron chi connectivity index (χ1n) is 7.46. The van der Waals surface area contributed by atoms with Crippen molar-refractivity contribution in [1.29, 1.82) is 0 Å². The van der Waals surface area contributed by atoms with Crippen LogP contribution >= 0.6 is 11.7 Å². The van der Waals surface area contributed by atoms with E-state index >= 15 is 0 Å². The van der Waals surface area contributed by atoms with Crippen LogP contribution < -0.4 is 0 Å². The molecular weight excluding hydrogens is 365 g/mol. The summed E-state index contributed by atoms with van der Waals surface area (Å²) < 4.78 is 46.1. The van der Waals surface area contributed by atoms with Crippen molar-refractivity contribution in [3.05, 3.63) is 53.8 Å². The lowest BCUT2D eigenvalue weighted by Crippen LogP contribution is -2.56. The molecule has 0 spiro atoms. The number of sulfone groups is 1. The third-order valence-corrected chi connectivity index (χ3v) is 6.88. The summed E-state index contributed by atoms with van der Waals surface area (Å²) in [5.41, 5.74) is 1.83. The van der Waals surface area contributed by atoms with Gasteiger partial charge < -0.3 is 4.90 Å². The predicted octanol–water partition coefficient (Wildman–Crippen LogP) is 2.13. The average Bonchev–Trinajstić information content (AvgIpc) is 3.01. The van der Waals surface area contributed by atoms with Crippen LogP contribution in [-0.4, -0.2) is 46.3 Å². The molecule has 0 bridgehead atoms. The summed E-state index contributed by atoms with van der Waals surface area (Å²) in [7, 11) is -3.57. The fourth-order valence-electron chi connectivity index (χ4n) is 2.71. The van der Waals surface area contributed by atoms with E-state index in [1.54, 1.807) is 18.2 Å². The number of nitrogens with zero attached hydrogens (tertiary/aromatic N) is 3. The molecule has 3 aromatic rings. The van der Waals surface area contributed by atoms with Crippen molar-refractivity contribution in [2.75, 3.05) is 13.1 Å². The summed E-state index contributed by atoms with van der Waals surface area (Å²) in [6.07, 6.45) is 0. The summed E-state index contributed by atoms with van der Waals surface area (Å²) >= 11 is 1.07. The Bertz CT molecular complexity index is 1060. The zero-order chi connectivity index (χ0) is 17.6. The van der Waals surface area contributed by atoms with Gasteiger partial charge in [-0.1, -0.05) is 0 Å². The van der Waals surface area contributed by atoms with Gasteiger partial charge in [0.2, 0.25) is 0 Å². The molecule has 0 atom stereocenters. The van der Waals surface area contributed by atoms with Crippen molar-refractivity contribution < 1.29 is 17.6 Å². The van der Waals surface area contributed by atoms with E-state index in [1.807, 2.05) is 0 Å². The van der Waals surface area contributed by atoms with Crippen LogP contribution in [0.2, 0.25) is 0 Å². The lowest BCUT2D eigenvalue weighted by molar-refractivity contribution is 0.0659. The number of hydrogen-bond acceptors (Lipinski definition) is 6. The van der Waals surface area contributed by atoms with E-state index in [1.165, 1.54) is 17.0 Å². The highest BCUT2D eigenvalue weighted by Gasteiger charge is 2.40. The normalized spacial score (nSPS) is 15.3. The molecule has 1 saturated heterocycles. The third-order valence-electron chi connectivity index (χ3n) is 4.22. The number of halogens is 1. The molecule has 1 aliphatic heterocycles. The molecule has 25 heavy (non-hydrogen) atoms. The molecule has 6 nitrogen and oxygen atoms in total. The van der Waals surface area contributed by atoms with Gasteiger partial charge in [-0.3, -0.25) is 4.79 Å². The summed E-state index contributed by atoms with van der Waals surface area (Å²) in [6, 6.07) is 9.77. The topological polar surface area (TPSA) is 80.2 Å². The minimum atomic E-state index is -3.57. The maximum atomic E-state index is 13.0. The summed E-state index contributed by atoms with van der Waals surface area (Å²) in [5, 5.41) is -0.674. The van der Waals surface area contributed by atoms with Crippen LogP contribution in [0, 0.1) is 5.82 Å². The summed E-state index contributed by atoms with van der Waals surface area (Å²) in [5.74, 6) is -0.725. The van der Waals surface area contributed by atoms with Gasteiger partial charge in [0.05, 0.1) is 16.6 Å². The summed E-state index contributed by atoms with van der Waals surface area (Å²) in [6.45, 7) is 0.234. The molecule has 0 unspecified atom stereocenters. The van der Waals surface area contributed by atoms with E-state index < -0.39 is 20.9 Å². The quantitative estimate of drug-likeness (QED) is 0.653. The lowest BCUT2D eigenvalue weighted by Gasteiger charge is -2.38. The Morgan fingerprint density at radius 2 is 1.76 bits per heavy atom. The van der Waals surface area contributed by atoms with Gasteiger partial charge in [-0.25, -0.2) is 12.8 Å². The highest BCUT2D eigenvalue weighted by atomic mass is 32.2. The minimum absolute atomic E-state index is 0.0703. The number of fused-ring (bicyclic) bond motifs is 1. The lowest BCUT2D eigenvalue weighted by atomic mass is 10.1. The highest BCUT2D eigenvalue weighted by Crippen LogP contribution is 2.26. The molecule has 1 fully saturated rings. The minimum Gasteiger partial charge on any atom is -0.336 e. The van der Waals surface area contributed by atoms with Gasteiger partial charge in [0.25, 0.3) is 5.91 Å². The smallest absolute Gasteiger partial charge is 0.254 e. The number of likely N-dealkylation sites (tertiary alicyclic amines) is 1. The van der Waals surface area contributed by atoms with Crippen molar-refractivity contribution in [3.63, 3.8) is 0 Å². The SMILES string of the molecule is O=C(c1ccc2nsnc2c1)N1CC(S(=O)(=O)c2ccc(F)cc2)C1. The molecule has 0 saturated carbocycles. The Morgan fingerprint density at radius 1 is 1.08 bits per heavy atom. The Kier molecular flexibility index (Phi) is 3.77. The van der Waals surface area contributed by atoms with Crippen LogP contribution in [0.1, 0.15) is 10.4 Å². The van der Waals surface area contributed by atoms with Crippen LogP contribution in [0.3, 0.4) is 0 Å². The number of carbonyl (C=O) groups is 1. The van der Waals surface area contributed by atoms with E-state index in [4.69, 9.17) is 0 Å². The molecule has 1 aromatic heterocycles. The first-order chi connectivity index (χ1) is 11.9. The molecule has 2 aromatic carbocycles. The van der Waals surface area contributed by atoms with Gasteiger partial charge in [0.15, 0.2) is 9.84 Å². The first-order valence-corrected chi connectivity index (χ1v) is 9.74. The maximum Gasteiger partial charge on any atom is 0.254 e. The molecule has 0 radical (unpaired) electrons. The van der Waals surface area contributed by atoms with Gasteiger partial charge in [-0.05, 0) is 42.5 Å². The Labute approximate surface area is 147 Å². The summed E-state index contributed by atoms with van der Waals surface area (Å²) in [4.78, 5) is 14.0. The molecule has 9 heteroatoms. The van der Waals surface area contributed by atoms with E-state index in [0.717, 1.165) is 29.4 Å². The van der Waals surface area contributed by atoms with E-state index in [-0.39, 0.29) is 23.9 Å². The predicted molar refractivity (Wildman–Crippen MR) is 90.7 cm³/mol. The molecule has 128 valence electrons. The van der Waals surface area contributed by atoms with E-state index in [9.17, 15) is 17.6 Å². The Hall–Kier alpha value is -2.39. The number of carbonyl (C=O) groups excluding carboxylic acids is 1. The van der Waals surface area contributed by atoms with E-state index in [0.29, 0.717) is 11.1 Å². The van der Waals surface area contributed by atoms with Crippen molar-refractivity contribution in [2.45, 2.75) is 10.1 Å². The largest absolute Gasteiger partial charge is 0.336 e. The fraction of sp³-hybridized carbons (Fsp3) is 0.188. The Balaban J connectivity index is 1.49. The maximum absolute atomic E-state index is 13.0. The van der Waals surface area contributed by atoms with Crippen LogP contribution in [0.15, 0.2) is 47.4 Å². The average molecular weight is 377 g/mol. The second-order valence-corrected chi connectivity index (χ2v) is 8.56.